The number of esters is 1. The Hall–Kier alpha value is -1.52. The molecule has 0 aromatic carbocycles. The number of hydrogen-bond donors (Lipinski definition) is 1. The highest BCUT2D eigenvalue weighted by Gasteiger charge is 2.26. The normalized spacial score (nSPS) is 11.8. The largest absolute Gasteiger partial charge is 0.464 e. The molecule has 0 fully saturated rings. The van der Waals surface area contributed by atoms with Crippen LogP contribution in [0.4, 0.5) is 4.79 Å². The summed E-state index contributed by atoms with van der Waals surface area (Å²) in [6.45, 7) is 9.96. The predicted molar refractivity (Wildman–Crippen MR) is 106 cm³/mol. The maximum absolute atomic E-state index is 12.1. The van der Waals surface area contributed by atoms with Gasteiger partial charge >= 0.3 is 12.1 Å². The molecule has 152 valence electrons. The highest BCUT2D eigenvalue weighted by molar-refractivity contribution is 5.81. The molecule has 0 saturated heterocycles. The van der Waals surface area contributed by atoms with Crippen molar-refractivity contribution in [2.75, 3.05) is 13.2 Å². The first-order valence-electron chi connectivity index (χ1n) is 10.2. The Kier molecular flexibility index (Phi) is 15.9. The summed E-state index contributed by atoms with van der Waals surface area (Å²) < 4.78 is 10.2. The minimum Gasteiger partial charge on any atom is -0.464 e. The molecule has 0 bridgehead atoms. The van der Waals surface area contributed by atoms with Gasteiger partial charge in [-0.1, -0.05) is 91.2 Å². The molecule has 5 heteroatoms. The summed E-state index contributed by atoms with van der Waals surface area (Å²) in [6.07, 6.45) is 13.2. The fourth-order valence-corrected chi connectivity index (χ4v) is 2.65. The lowest BCUT2D eigenvalue weighted by atomic mass is 10.1. The van der Waals surface area contributed by atoms with Crippen LogP contribution < -0.4 is 5.32 Å². The van der Waals surface area contributed by atoms with Crippen molar-refractivity contribution >= 4 is 12.1 Å². The number of ether oxygens (including phenoxy) is 2. The van der Waals surface area contributed by atoms with Crippen LogP contribution in [0.1, 0.15) is 85.0 Å². The van der Waals surface area contributed by atoms with Crippen LogP contribution in [-0.2, 0) is 14.3 Å². The van der Waals surface area contributed by atoms with Gasteiger partial charge < -0.3 is 14.8 Å². The molecule has 1 atom stereocenters. The van der Waals surface area contributed by atoms with Gasteiger partial charge in [0.1, 0.15) is 12.6 Å². The Labute approximate surface area is 159 Å². The third kappa shape index (κ3) is 13.7. The summed E-state index contributed by atoms with van der Waals surface area (Å²) in [5, 5.41) is 2.56. The van der Waals surface area contributed by atoms with Crippen LogP contribution in [0.5, 0.6) is 0 Å². The molecule has 5 nitrogen and oxygen atoms in total. The quantitative estimate of drug-likeness (QED) is 0.225. The van der Waals surface area contributed by atoms with Gasteiger partial charge in [0.25, 0.3) is 0 Å². The fraction of sp³-hybridized carbons (Fsp3) is 0.810. The highest BCUT2D eigenvalue weighted by Crippen LogP contribution is 2.11. The number of carbonyl (C=O) groups excluding carboxylic acids is 2. The molecule has 0 heterocycles. The molecule has 0 aliphatic heterocycles. The monoisotopic (exact) mass is 369 g/mol. The highest BCUT2D eigenvalue weighted by atomic mass is 16.6. The molecular weight excluding hydrogens is 330 g/mol. The van der Waals surface area contributed by atoms with E-state index in [9.17, 15) is 9.59 Å². The lowest BCUT2D eigenvalue weighted by molar-refractivity contribution is -0.147. The van der Waals surface area contributed by atoms with Crippen LogP contribution in [0.2, 0.25) is 0 Å². The van der Waals surface area contributed by atoms with Gasteiger partial charge in [0, 0.05) is 0 Å². The van der Waals surface area contributed by atoms with E-state index in [0.717, 1.165) is 12.8 Å². The van der Waals surface area contributed by atoms with E-state index in [1.165, 1.54) is 57.4 Å². The van der Waals surface area contributed by atoms with Crippen molar-refractivity contribution in [3.63, 3.8) is 0 Å². The third-order valence-corrected chi connectivity index (χ3v) is 4.27. The average Bonchev–Trinajstić information content (AvgIpc) is 2.61. The van der Waals surface area contributed by atoms with Crippen molar-refractivity contribution in [1.29, 1.82) is 0 Å². The number of nitrogens with one attached hydrogen (secondary N) is 1. The molecule has 0 spiro atoms. The van der Waals surface area contributed by atoms with Crippen molar-refractivity contribution in [1.82, 2.24) is 5.32 Å². The van der Waals surface area contributed by atoms with E-state index in [-0.39, 0.29) is 12.5 Å². The van der Waals surface area contributed by atoms with E-state index < -0.39 is 18.1 Å². The second kappa shape index (κ2) is 16.9. The minimum absolute atomic E-state index is 0.0634. The molecule has 1 N–H and O–H groups in total. The molecular formula is C21H39NO4. The number of carbonyl (C=O) groups is 2. The van der Waals surface area contributed by atoms with Crippen molar-refractivity contribution in [2.45, 2.75) is 91.0 Å². The lowest BCUT2D eigenvalue weighted by Crippen LogP contribution is -2.45. The first kappa shape index (κ1) is 24.5. The summed E-state index contributed by atoms with van der Waals surface area (Å²) in [6, 6.07) is -0.685. The van der Waals surface area contributed by atoms with E-state index in [1.54, 1.807) is 0 Å². The SMILES string of the molecule is C=CCOC(=O)NC(C(=O)OCCCCCCCCCCCC)C(C)C. The molecule has 0 aliphatic rings. The van der Waals surface area contributed by atoms with Gasteiger partial charge in [-0.2, -0.15) is 0 Å². The van der Waals surface area contributed by atoms with Gasteiger partial charge in [-0.15, -0.1) is 0 Å². The van der Waals surface area contributed by atoms with Crippen LogP contribution in [0.15, 0.2) is 12.7 Å². The zero-order valence-electron chi connectivity index (χ0n) is 17.1. The second-order valence-corrected chi connectivity index (χ2v) is 7.10. The lowest BCUT2D eigenvalue weighted by Gasteiger charge is -2.20. The standard InChI is InChI=1S/C21H39NO4/c1-5-7-8-9-10-11-12-13-14-15-17-25-20(23)19(18(3)4)22-21(24)26-16-6-2/h6,18-19H,2,5,7-17H2,1,3-4H3,(H,22,24). The number of hydrogen-bond acceptors (Lipinski definition) is 4. The zero-order valence-corrected chi connectivity index (χ0v) is 17.1. The first-order valence-corrected chi connectivity index (χ1v) is 10.2. The maximum Gasteiger partial charge on any atom is 0.408 e. The third-order valence-electron chi connectivity index (χ3n) is 4.27. The van der Waals surface area contributed by atoms with Crippen LogP contribution >= 0.6 is 0 Å². The first-order chi connectivity index (χ1) is 12.5. The summed E-state index contributed by atoms with van der Waals surface area (Å²) in [5.74, 6) is -0.460. The minimum atomic E-state index is -0.685. The van der Waals surface area contributed by atoms with Gasteiger partial charge in [0.2, 0.25) is 0 Å². The van der Waals surface area contributed by atoms with Gasteiger partial charge in [0.15, 0.2) is 0 Å². The zero-order chi connectivity index (χ0) is 19.6. The van der Waals surface area contributed by atoms with Gasteiger partial charge in [-0.05, 0) is 12.3 Å². The van der Waals surface area contributed by atoms with E-state index in [4.69, 9.17) is 9.47 Å². The van der Waals surface area contributed by atoms with Crippen molar-refractivity contribution in [3.05, 3.63) is 12.7 Å². The number of amides is 1. The summed E-state index contributed by atoms with van der Waals surface area (Å²) in [7, 11) is 0. The Balaban J connectivity index is 3.76. The predicted octanol–water partition coefficient (Wildman–Crippen LogP) is 5.39. The van der Waals surface area contributed by atoms with Crippen LogP contribution in [0.3, 0.4) is 0 Å². The molecule has 0 saturated carbocycles. The molecule has 0 rings (SSSR count). The summed E-state index contributed by atoms with van der Waals surface area (Å²) in [4.78, 5) is 23.7. The Bertz CT molecular complexity index is 382. The average molecular weight is 370 g/mol. The molecule has 0 radical (unpaired) electrons. The molecule has 0 aliphatic carbocycles. The molecule has 26 heavy (non-hydrogen) atoms. The molecule has 0 aromatic rings. The molecule has 0 aromatic heterocycles. The number of alkyl carbamates (subject to hydrolysis) is 1. The number of rotatable bonds is 16. The van der Waals surface area contributed by atoms with E-state index in [2.05, 4.69) is 18.8 Å². The smallest absolute Gasteiger partial charge is 0.408 e. The van der Waals surface area contributed by atoms with Crippen LogP contribution in [0, 0.1) is 5.92 Å². The Morgan fingerprint density at radius 3 is 1.96 bits per heavy atom. The van der Waals surface area contributed by atoms with E-state index in [0.29, 0.717) is 6.61 Å². The van der Waals surface area contributed by atoms with Crippen LogP contribution in [-0.4, -0.2) is 31.3 Å². The molecule has 1 unspecified atom stereocenters. The topological polar surface area (TPSA) is 64.6 Å². The fourth-order valence-electron chi connectivity index (χ4n) is 2.65. The summed E-state index contributed by atoms with van der Waals surface area (Å²) >= 11 is 0. The van der Waals surface area contributed by atoms with Gasteiger partial charge in [0.05, 0.1) is 6.61 Å². The van der Waals surface area contributed by atoms with Crippen molar-refractivity contribution in [3.8, 4) is 0 Å². The van der Waals surface area contributed by atoms with Crippen LogP contribution in [0.25, 0.3) is 0 Å². The Morgan fingerprint density at radius 1 is 0.923 bits per heavy atom. The van der Waals surface area contributed by atoms with Gasteiger partial charge in [-0.3, -0.25) is 0 Å². The van der Waals surface area contributed by atoms with Crippen molar-refractivity contribution in [2.24, 2.45) is 5.92 Å². The maximum atomic E-state index is 12.1. The number of unbranched alkanes of at least 4 members (excludes halogenated alkanes) is 9. The summed E-state index contributed by atoms with van der Waals surface area (Å²) in [5.41, 5.74) is 0. The molecule has 1 amide bonds. The van der Waals surface area contributed by atoms with E-state index >= 15 is 0 Å². The van der Waals surface area contributed by atoms with E-state index in [1.807, 2.05) is 13.8 Å². The second-order valence-electron chi connectivity index (χ2n) is 7.10. The Morgan fingerprint density at radius 2 is 1.46 bits per heavy atom. The van der Waals surface area contributed by atoms with Crippen molar-refractivity contribution < 1.29 is 19.1 Å². The van der Waals surface area contributed by atoms with Gasteiger partial charge in [-0.25, -0.2) is 9.59 Å².